The zero-order valence-corrected chi connectivity index (χ0v) is 13.7. The normalized spacial score (nSPS) is 19.7. The van der Waals surface area contributed by atoms with Gasteiger partial charge >= 0.3 is 0 Å². The summed E-state index contributed by atoms with van der Waals surface area (Å²) in [5, 5.41) is 13.3. The van der Waals surface area contributed by atoms with Crippen LogP contribution in [0.15, 0.2) is 18.2 Å². The van der Waals surface area contributed by atoms with Crippen LogP contribution in [0.25, 0.3) is 0 Å². The highest BCUT2D eigenvalue weighted by Crippen LogP contribution is 2.32. The van der Waals surface area contributed by atoms with Crippen molar-refractivity contribution in [1.29, 1.82) is 0 Å². The molecule has 1 aromatic rings. The molecule has 1 aliphatic heterocycles. The van der Waals surface area contributed by atoms with E-state index in [4.69, 9.17) is 4.74 Å². The first-order chi connectivity index (χ1) is 10.6. The molecule has 4 heteroatoms. The average Bonchev–Trinajstić information content (AvgIpc) is 3.30. The number of benzene rings is 1. The van der Waals surface area contributed by atoms with Gasteiger partial charge in [0.15, 0.2) is 0 Å². The Morgan fingerprint density at radius 2 is 1.95 bits per heavy atom. The molecule has 1 saturated heterocycles. The zero-order chi connectivity index (χ0) is 15.5. The van der Waals surface area contributed by atoms with Crippen LogP contribution in [0.2, 0.25) is 0 Å². The maximum absolute atomic E-state index is 9.69. The van der Waals surface area contributed by atoms with E-state index in [0.717, 1.165) is 50.0 Å². The third kappa shape index (κ3) is 4.14. The minimum Gasteiger partial charge on any atom is -0.489 e. The van der Waals surface area contributed by atoms with Crippen molar-refractivity contribution in [1.82, 2.24) is 5.32 Å². The molecule has 0 unspecified atom stereocenters. The van der Waals surface area contributed by atoms with Crippen LogP contribution in [-0.2, 0) is 6.54 Å². The monoisotopic (exact) mass is 304 g/mol. The lowest BCUT2D eigenvalue weighted by molar-refractivity contribution is 0.145. The number of aliphatic hydroxyl groups is 1. The number of piperidine rings is 1. The molecule has 0 radical (unpaired) electrons. The van der Waals surface area contributed by atoms with Crippen molar-refractivity contribution in [2.75, 3.05) is 18.0 Å². The molecule has 22 heavy (non-hydrogen) atoms. The Morgan fingerprint density at radius 1 is 1.23 bits per heavy atom. The average molecular weight is 304 g/mol. The Morgan fingerprint density at radius 3 is 2.59 bits per heavy atom. The lowest BCUT2D eigenvalue weighted by Gasteiger charge is -2.33. The molecule has 122 valence electrons. The lowest BCUT2D eigenvalue weighted by Crippen LogP contribution is -2.36. The second-order valence-corrected chi connectivity index (χ2v) is 6.84. The second kappa shape index (κ2) is 6.88. The predicted octanol–water partition coefficient (Wildman–Crippen LogP) is 2.69. The molecule has 0 atom stereocenters. The molecule has 1 heterocycles. The molecule has 2 N–H and O–H groups in total. The molecule has 2 aliphatic rings. The largest absolute Gasteiger partial charge is 0.489 e. The van der Waals surface area contributed by atoms with E-state index < -0.39 is 0 Å². The maximum Gasteiger partial charge on any atom is 0.143 e. The van der Waals surface area contributed by atoms with Gasteiger partial charge in [0.2, 0.25) is 0 Å². The van der Waals surface area contributed by atoms with E-state index in [1.807, 2.05) is 0 Å². The Bertz CT molecular complexity index is 492. The molecule has 0 spiro atoms. The van der Waals surface area contributed by atoms with E-state index in [1.165, 1.54) is 18.4 Å². The zero-order valence-electron chi connectivity index (χ0n) is 13.7. The van der Waals surface area contributed by atoms with Gasteiger partial charge in [-0.2, -0.15) is 0 Å². The van der Waals surface area contributed by atoms with Gasteiger partial charge in [-0.05, 0) is 57.2 Å². The molecule has 4 nitrogen and oxygen atoms in total. The van der Waals surface area contributed by atoms with Crippen LogP contribution in [0.3, 0.4) is 0 Å². The van der Waals surface area contributed by atoms with Gasteiger partial charge in [-0.15, -0.1) is 0 Å². The van der Waals surface area contributed by atoms with Crippen LogP contribution < -0.4 is 15.0 Å². The summed E-state index contributed by atoms with van der Waals surface area (Å²) in [6.07, 6.45) is 4.32. The Labute approximate surface area is 133 Å². The highest BCUT2D eigenvalue weighted by Gasteiger charge is 2.22. The van der Waals surface area contributed by atoms with Crippen molar-refractivity contribution in [2.24, 2.45) is 0 Å². The molecule has 2 fully saturated rings. The third-order valence-electron chi connectivity index (χ3n) is 4.36. The first kappa shape index (κ1) is 15.6. The number of nitrogens with zero attached hydrogens (tertiary/aromatic N) is 1. The van der Waals surface area contributed by atoms with E-state index >= 15 is 0 Å². The molecule has 0 amide bonds. The van der Waals surface area contributed by atoms with Crippen LogP contribution in [0.4, 0.5) is 5.69 Å². The Hall–Kier alpha value is -1.26. The molecular weight excluding hydrogens is 276 g/mol. The number of nitrogens with one attached hydrogen (secondary N) is 1. The number of anilines is 1. The summed E-state index contributed by atoms with van der Waals surface area (Å²) in [5.41, 5.74) is 2.44. The number of rotatable bonds is 6. The van der Waals surface area contributed by atoms with Crippen LogP contribution in [0.5, 0.6) is 5.75 Å². The van der Waals surface area contributed by atoms with Crippen molar-refractivity contribution in [2.45, 2.75) is 64.3 Å². The van der Waals surface area contributed by atoms with Crippen molar-refractivity contribution in [3.05, 3.63) is 23.8 Å². The first-order valence-electron chi connectivity index (χ1n) is 8.58. The van der Waals surface area contributed by atoms with Crippen LogP contribution >= 0.6 is 0 Å². The van der Waals surface area contributed by atoms with E-state index in [0.29, 0.717) is 0 Å². The summed E-state index contributed by atoms with van der Waals surface area (Å²) in [5.74, 6) is 0.974. The van der Waals surface area contributed by atoms with Gasteiger partial charge < -0.3 is 20.1 Å². The highest BCUT2D eigenvalue weighted by atomic mass is 16.5. The molecule has 0 aromatic heterocycles. The number of hydrogen-bond acceptors (Lipinski definition) is 4. The van der Waals surface area contributed by atoms with Gasteiger partial charge in [0.1, 0.15) is 5.75 Å². The quantitative estimate of drug-likeness (QED) is 0.848. The van der Waals surface area contributed by atoms with Crippen LogP contribution in [0, 0.1) is 0 Å². The standard InChI is InChI=1S/C18H28N2O2/c1-13(2)22-18-11-14(12-19-15-4-5-15)3-6-17(18)20-9-7-16(21)8-10-20/h3,6,11,13,15-16,19,21H,4-5,7-10,12H2,1-2H3. The molecule has 1 saturated carbocycles. The predicted molar refractivity (Wildman–Crippen MR) is 89.5 cm³/mol. The topological polar surface area (TPSA) is 44.7 Å². The van der Waals surface area contributed by atoms with Gasteiger partial charge in [-0.1, -0.05) is 6.07 Å². The van der Waals surface area contributed by atoms with Gasteiger partial charge in [-0.25, -0.2) is 0 Å². The van der Waals surface area contributed by atoms with E-state index in [9.17, 15) is 5.11 Å². The fraction of sp³-hybridized carbons (Fsp3) is 0.667. The third-order valence-corrected chi connectivity index (χ3v) is 4.36. The minimum atomic E-state index is -0.146. The van der Waals surface area contributed by atoms with E-state index in [-0.39, 0.29) is 12.2 Å². The van der Waals surface area contributed by atoms with E-state index in [1.54, 1.807) is 0 Å². The lowest BCUT2D eigenvalue weighted by atomic mass is 10.1. The van der Waals surface area contributed by atoms with E-state index in [2.05, 4.69) is 42.3 Å². The summed E-state index contributed by atoms with van der Waals surface area (Å²) in [4.78, 5) is 2.34. The molecule has 1 aliphatic carbocycles. The minimum absolute atomic E-state index is 0.146. The second-order valence-electron chi connectivity index (χ2n) is 6.84. The smallest absolute Gasteiger partial charge is 0.143 e. The van der Waals surface area contributed by atoms with Crippen LogP contribution in [-0.4, -0.2) is 36.4 Å². The fourth-order valence-electron chi connectivity index (χ4n) is 2.93. The SMILES string of the molecule is CC(C)Oc1cc(CNC2CC2)ccc1N1CCC(O)CC1. The summed E-state index contributed by atoms with van der Waals surface area (Å²) >= 11 is 0. The number of ether oxygens (including phenoxy) is 1. The molecule has 3 rings (SSSR count). The summed E-state index contributed by atoms with van der Waals surface area (Å²) < 4.78 is 6.06. The van der Waals surface area contributed by atoms with Crippen molar-refractivity contribution in [3.63, 3.8) is 0 Å². The Balaban J connectivity index is 1.74. The summed E-state index contributed by atoms with van der Waals surface area (Å²) in [7, 11) is 0. The number of aliphatic hydroxyl groups excluding tert-OH is 1. The first-order valence-corrected chi connectivity index (χ1v) is 8.58. The van der Waals surface area contributed by atoms with Crippen molar-refractivity contribution >= 4 is 5.69 Å². The summed E-state index contributed by atoms with van der Waals surface area (Å²) in [6.45, 7) is 6.85. The number of hydrogen-bond donors (Lipinski definition) is 2. The van der Waals surface area contributed by atoms with Crippen molar-refractivity contribution in [3.8, 4) is 5.75 Å². The molecular formula is C18H28N2O2. The molecule has 0 bridgehead atoms. The fourth-order valence-corrected chi connectivity index (χ4v) is 2.93. The van der Waals surface area contributed by atoms with Gasteiger partial charge in [0.25, 0.3) is 0 Å². The molecule has 1 aromatic carbocycles. The van der Waals surface area contributed by atoms with Gasteiger partial charge in [0, 0.05) is 25.7 Å². The van der Waals surface area contributed by atoms with Gasteiger partial charge in [-0.3, -0.25) is 0 Å². The Kier molecular flexibility index (Phi) is 4.89. The highest BCUT2D eigenvalue weighted by molar-refractivity contribution is 5.60. The van der Waals surface area contributed by atoms with Crippen LogP contribution in [0.1, 0.15) is 45.1 Å². The van der Waals surface area contributed by atoms with Gasteiger partial charge in [0.05, 0.1) is 17.9 Å². The maximum atomic E-state index is 9.69. The van der Waals surface area contributed by atoms with Crippen molar-refractivity contribution < 1.29 is 9.84 Å². The summed E-state index contributed by atoms with van der Waals surface area (Å²) in [6, 6.07) is 7.27.